The average molecular weight is 472 g/mol. The molecule has 156 valence electrons. The number of hydrogen-bond acceptors (Lipinski definition) is 3. The number of benzene rings is 2. The molecule has 0 saturated heterocycles. The molecule has 1 amide bonds. The number of carbonyl (C=O) groups excluding carboxylic acids is 1. The van der Waals surface area contributed by atoms with Crippen molar-refractivity contribution < 1.29 is 14.7 Å². The fraction of sp³-hybridized carbons (Fsp3) is 0.318. The molecule has 1 aromatic heterocycles. The molecule has 0 aliphatic carbocycles. The second kappa shape index (κ2) is 8.10. The summed E-state index contributed by atoms with van der Waals surface area (Å²) >= 11 is 3.48. The van der Waals surface area contributed by atoms with Gasteiger partial charge in [-0.05, 0) is 41.8 Å². The summed E-state index contributed by atoms with van der Waals surface area (Å²) in [6, 6.07) is 10.8. The average Bonchev–Trinajstić information content (AvgIpc) is 3.18. The lowest BCUT2D eigenvalue weighted by atomic mass is 10.0. The Kier molecular flexibility index (Phi) is 5.51. The van der Waals surface area contributed by atoms with E-state index in [1.807, 2.05) is 43.3 Å². The summed E-state index contributed by atoms with van der Waals surface area (Å²) in [6.07, 6.45) is 1.55. The van der Waals surface area contributed by atoms with E-state index in [0.717, 1.165) is 38.7 Å². The first kappa shape index (κ1) is 20.4. The molecule has 0 fully saturated rings. The summed E-state index contributed by atoms with van der Waals surface area (Å²) in [6.45, 7) is 2.28. The number of nitrogens with zero attached hydrogens (tertiary/aromatic N) is 2. The van der Waals surface area contributed by atoms with E-state index in [4.69, 9.17) is 0 Å². The highest BCUT2D eigenvalue weighted by Crippen LogP contribution is 2.32. The molecule has 4 rings (SSSR count). The summed E-state index contributed by atoms with van der Waals surface area (Å²) in [5.74, 6) is -0.991. The molecule has 1 aliphatic rings. The van der Waals surface area contributed by atoms with Crippen molar-refractivity contribution in [3.8, 4) is 0 Å². The zero-order valence-corrected chi connectivity index (χ0v) is 18.1. The minimum Gasteiger partial charge on any atom is -0.481 e. The molecule has 0 radical (unpaired) electrons. The smallest absolute Gasteiger partial charge is 0.329 e. The molecule has 1 atom stereocenters. The van der Waals surface area contributed by atoms with Crippen molar-refractivity contribution in [3.63, 3.8) is 0 Å². The number of carboxylic acids is 1. The van der Waals surface area contributed by atoms with E-state index >= 15 is 0 Å². The first-order valence-electron chi connectivity index (χ1n) is 9.91. The molecule has 0 bridgehead atoms. The number of halogens is 1. The van der Waals surface area contributed by atoms with Crippen LogP contribution in [0.4, 0.5) is 5.69 Å². The molecule has 1 unspecified atom stereocenters. The van der Waals surface area contributed by atoms with Gasteiger partial charge in [0.1, 0.15) is 0 Å². The van der Waals surface area contributed by atoms with Crippen LogP contribution in [0.2, 0.25) is 0 Å². The molecule has 3 aromatic rings. The number of aliphatic carboxylic acids is 1. The van der Waals surface area contributed by atoms with E-state index in [-0.39, 0.29) is 24.4 Å². The van der Waals surface area contributed by atoms with E-state index < -0.39 is 12.0 Å². The zero-order valence-electron chi connectivity index (χ0n) is 16.5. The van der Waals surface area contributed by atoms with E-state index in [2.05, 4.69) is 21.2 Å². The van der Waals surface area contributed by atoms with Gasteiger partial charge in [-0.25, -0.2) is 4.79 Å². The van der Waals surface area contributed by atoms with Gasteiger partial charge in [-0.3, -0.25) is 18.7 Å². The summed E-state index contributed by atoms with van der Waals surface area (Å²) in [7, 11) is 0. The van der Waals surface area contributed by atoms with Crippen LogP contribution < -0.4 is 11.0 Å². The highest BCUT2D eigenvalue weighted by molar-refractivity contribution is 9.10. The predicted octanol–water partition coefficient (Wildman–Crippen LogP) is 3.92. The Labute approximate surface area is 181 Å². The molecule has 8 heteroatoms. The number of hydrogen-bond donors (Lipinski definition) is 2. The third kappa shape index (κ3) is 3.67. The number of carbonyl (C=O) groups is 2. The number of carboxylic acid groups (broad SMARTS) is 1. The van der Waals surface area contributed by atoms with Gasteiger partial charge in [0.05, 0.1) is 30.4 Å². The number of anilines is 1. The third-order valence-electron chi connectivity index (χ3n) is 5.51. The largest absolute Gasteiger partial charge is 0.481 e. The van der Waals surface area contributed by atoms with Gasteiger partial charge in [0.25, 0.3) is 0 Å². The van der Waals surface area contributed by atoms with Crippen molar-refractivity contribution in [3.05, 3.63) is 62.5 Å². The van der Waals surface area contributed by atoms with Crippen LogP contribution >= 0.6 is 15.9 Å². The maximum Gasteiger partial charge on any atom is 0.329 e. The normalized spacial score (nSPS) is 14.0. The topological polar surface area (TPSA) is 93.3 Å². The molecule has 1 aliphatic heterocycles. The summed E-state index contributed by atoms with van der Waals surface area (Å²) in [4.78, 5) is 36.8. The van der Waals surface area contributed by atoms with Crippen LogP contribution in [-0.4, -0.2) is 26.1 Å². The summed E-state index contributed by atoms with van der Waals surface area (Å²) in [5.41, 5.74) is 3.77. The second-order valence-electron chi connectivity index (χ2n) is 7.58. The van der Waals surface area contributed by atoms with Crippen LogP contribution in [0.15, 0.2) is 45.7 Å². The van der Waals surface area contributed by atoms with Gasteiger partial charge in [-0.15, -0.1) is 0 Å². The molecule has 2 heterocycles. The molecule has 0 spiro atoms. The Balaban J connectivity index is 1.86. The van der Waals surface area contributed by atoms with E-state index in [1.165, 1.54) is 0 Å². The number of aromatic nitrogens is 2. The monoisotopic (exact) mass is 471 g/mol. The lowest BCUT2D eigenvalue weighted by Gasteiger charge is -2.16. The van der Waals surface area contributed by atoms with Gasteiger partial charge in [0.15, 0.2) is 0 Å². The molecular formula is C22H22BrN3O4. The Morgan fingerprint density at radius 3 is 2.67 bits per heavy atom. The number of rotatable bonds is 7. The number of para-hydroxylation sites is 2. The molecule has 30 heavy (non-hydrogen) atoms. The third-order valence-corrected chi connectivity index (χ3v) is 5.97. The molecule has 2 aromatic carbocycles. The van der Waals surface area contributed by atoms with E-state index in [1.54, 1.807) is 9.13 Å². The van der Waals surface area contributed by atoms with Crippen molar-refractivity contribution in [2.75, 3.05) is 5.32 Å². The molecular weight excluding hydrogens is 450 g/mol. The number of nitrogens with one attached hydrogen (secondary N) is 1. The van der Waals surface area contributed by atoms with Gasteiger partial charge in [0, 0.05) is 16.2 Å². The fourth-order valence-electron chi connectivity index (χ4n) is 4.28. The highest BCUT2D eigenvalue weighted by atomic mass is 79.9. The fourth-order valence-corrected chi connectivity index (χ4v) is 4.78. The SMILES string of the molecule is CCCC(CC(=O)O)n1c(=O)n(Cc2cc(Br)cc3c2CC(=O)N3)c2ccccc21. The van der Waals surface area contributed by atoms with Crippen LogP contribution in [0.5, 0.6) is 0 Å². The number of fused-ring (bicyclic) bond motifs is 2. The number of imidazole rings is 1. The van der Waals surface area contributed by atoms with Gasteiger partial charge in [-0.2, -0.15) is 0 Å². The van der Waals surface area contributed by atoms with Crippen LogP contribution in [0, 0.1) is 0 Å². The van der Waals surface area contributed by atoms with Gasteiger partial charge >= 0.3 is 11.7 Å². The lowest BCUT2D eigenvalue weighted by Crippen LogP contribution is -2.29. The Morgan fingerprint density at radius 1 is 1.23 bits per heavy atom. The van der Waals surface area contributed by atoms with Gasteiger partial charge in [-0.1, -0.05) is 41.4 Å². The van der Waals surface area contributed by atoms with Crippen molar-refractivity contribution in [2.45, 2.75) is 45.2 Å². The predicted molar refractivity (Wildman–Crippen MR) is 118 cm³/mol. The second-order valence-corrected chi connectivity index (χ2v) is 8.50. The van der Waals surface area contributed by atoms with Crippen molar-refractivity contribution >= 4 is 44.5 Å². The molecule has 7 nitrogen and oxygen atoms in total. The van der Waals surface area contributed by atoms with Crippen LogP contribution in [-0.2, 0) is 22.6 Å². The van der Waals surface area contributed by atoms with Crippen LogP contribution in [0.25, 0.3) is 11.0 Å². The van der Waals surface area contributed by atoms with Crippen LogP contribution in [0.1, 0.15) is 43.4 Å². The quantitative estimate of drug-likeness (QED) is 0.545. The standard InChI is InChI=1S/C22H22BrN3O4/c1-2-5-15(10-21(28)29)26-19-7-4-3-6-18(19)25(22(26)30)12-13-8-14(23)9-17-16(13)11-20(27)24-17/h3-4,6-9,15H,2,5,10-12H2,1H3,(H,24,27)(H,28,29). The van der Waals surface area contributed by atoms with E-state index in [0.29, 0.717) is 13.0 Å². The zero-order chi connectivity index (χ0) is 21.4. The molecule has 0 saturated carbocycles. The maximum absolute atomic E-state index is 13.5. The van der Waals surface area contributed by atoms with E-state index in [9.17, 15) is 19.5 Å². The minimum absolute atomic E-state index is 0.0661. The first-order chi connectivity index (χ1) is 14.4. The Morgan fingerprint density at radius 2 is 1.97 bits per heavy atom. The lowest BCUT2D eigenvalue weighted by molar-refractivity contribution is -0.138. The van der Waals surface area contributed by atoms with Gasteiger partial charge < -0.3 is 10.4 Å². The minimum atomic E-state index is -0.924. The first-order valence-corrected chi connectivity index (χ1v) is 10.7. The van der Waals surface area contributed by atoms with Crippen molar-refractivity contribution in [1.29, 1.82) is 0 Å². The molecule has 2 N–H and O–H groups in total. The van der Waals surface area contributed by atoms with Crippen LogP contribution in [0.3, 0.4) is 0 Å². The number of amides is 1. The van der Waals surface area contributed by atoms with Crippen molar-refractivity contribution in [1.82, 2.24) is 9.13 Å². The Hall–Kier alpha value is -2.87. The maximum atomic E-state index is 13.5. The summed E-state index contributed by atoms with van der Waals surface area (Å²) < 4.78 is 4.11. The Bertz CT molecular complexity index is 1210. The van der Waals surface area contributed by atoms with Crippen molar-refractivity contribution in [2.24, 2.45) is 0 Å². The van der Waals surface area contributed by atoms with Gasteiger partial charge in [0.2, 0.25) is 5.91 Å². The highest BCUT2D eigenvalue weighted by Gasteiger charge is 2.25. The summed E-state index contributed by atoms with van der Waals surface area (Å²) in [5, 5.41) is 12.2.